The van der Waals surface area contributed by atoms with Gasteiger partial charge in [-0.2, -0.15) is 5.10 Å². The number of aliphatic hydroxyl groups is 1. The fraction of sp³-hybridized carbons (Fsp3) is 0.500. The Labute approximate surface area is 140 Å². The summed E-state index contributed by atoms with van der Waals surface area (Å²) in [5.74, 6) is -1.22. The van der Waals surface area contributed by atoms with Crippen molar-refractivity contribution >= 4 is 0 Å². The van der Waals surface area contributed by atoms with E-state index in [9.17, 15) is 13.9 Å². The number of hydrogen-bond acceptors (Lipinski definition) is 3. The van der Waals surface area contributed by atoms with Gasteiger partial charge in [0.15, 0.2) is 5.82 Å². The van der Waals surface area contributed by atoms with Crippen molar-refractivity contribution in [2.75, 3.05) is 0 Å². The number of nitrogens with one attached hydrogen (secondary N) is 1. The summed E-state index contributed by atoms with van der Waals surface area (Å²) in [7, 11) is 0. The standard InChI is InChI=1S/C18H23F2N3O/c1-11-16(10-21-14-4-6-15(24)7-5-14)12(2)23(22-11)18-8-3-13(19)9-17(18)20/h3,8-9,14-15,21,24H,4-7,10H2,1-2H3. The average Bonchev–Trinajstić information content (AvgIpc) is 2.82. The molecule has 0 unspecified atom stereocenters. The zero-order chi connectivity index (χ0) is 17.3. The topological polar surface area (TPSA) is 50.1 Å². The van der Waals surface area contributed by atoms with Gasteiger partial charge in [0.25, 0.3) is 0 Å². The quantitative estimate of drug-likeness (QED) is 0.902. The number of hydrogen-bond donors (Lipinski definition) is 2. The summed E-state index contributed by atoms with van der Waals surface area (Å²) < 4.78 is 28.7. The first-order chi connectivity index (χ1) is 11.5. The number of nitrogens with zero attached hydrogens (tertiary/aromatic N) is 2. The largest absolute Gasteiger partial charge is 0.393 e. The van der Waals surface area contributed by atoms with E-state index in [-0.39, 0.29) is 11.8 Å². The summed E-state index contributed by atoms with van der Waals surface area (Å²) in [6.07, 6.45) is 3.40. The molecule has 1 aromatic carbocycles. The number of aryl methyl sites for hydroxylation is 1. The molecule has 0 atom stereocenters. The van der Waals surface area contributed by atoms with Crippen molar-refractivity contribution in [2.24, 2.45) is 0 Å². The van der Waals surface area contributed by atoms with Crippen LogP contribution in [0.4, 0.5) is 8.78 Å². The van der Waals surface area contributed by atoms with Gasteiger partial charge in [-0.25, -0.2) is 13.5 Å². The summed E-state index contributed by atoms with van der Waals surface area (Å²) in [6.45, 7) is 4.44. The van der Waals surface area contributed by atoms with Crippen molar-refractivity contribution in [3.8, 4) is 5.69 Å². The molecule has 0 aliphatic heterocycles. The lowest BCUT2D eigenvalue weighted by atomic mass is 9.93. The van der Waals surface area contributed by atoms with Crippen LogP contribution in [0.1, 0.15) is 42.6 Å². The average molecular weight is 335 g/mol. The Bertz CT molecular complexity index is 721. The molecule has 0 spiro atoms. The Morgan fingerprint density at radius 3 is 2.58 bits per heavy atom. The molecule has 1 fully saturated rings. The number of halogens is 2. The molecule has 1 saturated carbocycles. The van der Waals surface area contributed by atoms with Crippen LogP contribution in [0.25, 0.3) is 5.69 Å². The molecule has 1 aliphatic rings. The predicted molar refractivity (Wildman–Crippen MR) is 88.1 cm³/mol. The highest BCUT2D eigenvalue weighted by atomic mass is 19.1. The van der Waals surface area contributed by atoms with E-state index in [2.05, 4.69) is 10.4 Å². The van der Waals surface area contributed by atoms with E-state index in [1.807, 2.05) is 13.8 Å². The Morgan fingerprint density at radius 1 is 1.21 bits per heavy atom. The molecule has 1 aromatic heterocycles. The van der Waals surface area contributed by atoms with E-state index in [1.54, 1.807) is 0 Å². The van der Waals surface area contributed by atoms with Gasteiger partial charge in [-0.05, 0) is 51.7 Å². The van der Waals surface area contributed by atoms with Gasteiger partial charge < -0.3 is 10.4 Å². The maximum absolute atomic E-state index is 14.0. The molecule has 0 bridgehead atoms. The minimum Gasteiger partial charge on any atom is -0.393 e. The number of rotatable bonds is 4. The van der Waals surface area contributed by atoms with Gasteiger partial charge >= 0.3 is 0 Å². The summed E-state index contributed by atoms with van der Waals surface area (Å²) >= 11 is 0. The fourth-order valence-electron chi connectivity index (χ4n) is 3.34. The second kappa shape index (κ2) is 6.99. The third-order valence-corrected chi connectivity index (χ3v) is 4.84. The Hall–Kier alpha value is -1.79. The molecule has 4 nitrogen and oxygen atoms in total. The zero-order valence-corrected chi connectivity index (χ0v) is 14.0. The molecule has 1 aliphatic carbocycles. The van der Waals surface area contributed by atoms with Crippen molar-refractivity contribution in [2.45, 2.75) is 58.2 Å². The van der Waals surface area contributed by atoms with Gasteiger partial charge in [-0.3, -0.25) is 0 Å². The highest BCUT2D eigenvalue weighted by Crippen LogP contribution is 2.22. The smallest absolute Gasteiger partial charge is 0.151 e. The van der Waals surface area contributed by atoms with Crippen LogP contribution in [0, 0.1) is 25.5 Å². The monoisotopic (exact) mass is 335 g/mol. The summed E-state index contributed by atoms with van der Waals surface area (Å²) in [5.41, 5.74) is 2.97. The third kappa shape index (κ3) is 3.49. The molecule has 2 N–H and O–H groups in total. The Morgan fingerprint density at radius 2 is 1.92 bits per heavy atom. The summed E-state index contributed by atoms with van der Waals surface area (Å²) in [5, 5.41) is 17.5. The number of benzene rings is 1. The van der Waals surface area contributed by atoms with Crippen molar-refractivity contribution in [1.29, 1.82) is 0 Å². The van der Waals surface area contributed by atoms with Crippen LogP contribution in [0.3, 0.4) is 0 Å². The first-order valence-corrected chi connectivity index (χ1v) is 8.37. The molecule has 1 heterocycles. The second-order valence-corrected chi connectivity index (χ2v) is 6.54. The van der Waals surface area contributed by atoms with Crippen LogP contribution in [-0.4, -0.2) is 27.0 Å². The van der Waals surface area contributed by atoms with Gasteiger partial charge in [-0.1, -0.05) is 0 Å². The summed E-state index contributed by atoms with van der Waals surface area (Å²) in [6, 6.07) is 3.90. The van der Waals surface area contributed by atoms with E-state index in [0.29, 0.717) is 12.6 Å². The lowest BCUT2D eigenvalue weighted by Crippen LogP contribution is -2.34. The van der Waals surface area contributed by atoms with E-state index in [1.165, 1.54) is 16.8 Å². The van der Waals surface area contributed by atoms with Crippen LogP contribution in [0.15, 0.2) is 18.2 Å². The van der Waals surface area contributed by atoms with Crippen LogP contribution >= 0.6 is 0 Å². The van der Waals surface area contributed by atoms with Crippen LogP contribution in [0.5, 0.6) is 0 Å². The molecule has 0 saturated heterocycles. The van der Waals surface area contributed by atoms with Crippen molar-refractivity contribution in [3.63, 3.8) is 0 Å². The van der Waals surface area contributed by atoms with Gasteiger partial charge in [-0.15, -0.1) is 0 Å². The lowest BCUT2D eigenvalue weighted by Gasteiger charge is -2.26. The van der Waals surface area contributed by atoms with Crippen molar-refractivity contribution in [1.82, 2.24) is 15.1 Å². The molecule has 2 aromatic rings. The molecule has 24 heavy (non-hydrogen) atoms. The molecule has 3 rings (SSSR count). The van der Waals surface area contributed by atoms with E-state index >= 15 is 0 Å². The molecule has 0 radical (unpaired) electrons. The van der Waals surface area contributed by atoms with E-state index in [4.69, 9.17) is 0 Å². The minimum absolute atomic E-state index is 0.171. The van der Waals surface area contributed by atoms with Gasteiger partial charge in [0.1, 0.15) is 11.5 Å². The molecular weight excluding hydrogens is 312 g/mol. The number of aromatic nitrogens is 2. The van der Waals surface area contributed by atoms with Gasteiger partial charge in [0.05, 0.1) is 11.8 Å². The molecule has 130 valence electrons. The molecule has 6 heteroatoms. The predicted octanol–water partition coefficient (Wildman–Crippen LogP) is 3.16. The lowest BCUT2D eigenvalue weighted by molar-refractivity contribution is 0.116. The van der Waals surface area contributed by atoms with Gasteiger partial charge in [0.2, 0.25) is 0 Å². The van der Waals surface area contributed by atoms with Crippen molar-refractivity contribution in [3.05, 3.63) is 46.8 Å². The van der Waals surface area contributed by atoms with Gasteiger partial charge in [0, 0.05) is 29.9 Å². The number of aliphatic hydroxyl groups excluding tert-OH is 1. The normalized spacial score (nSPS) is 21.2. The maximum Gasteiger partial charge on any atom is 0.151 e. The molecular formula is C18H23F2N3O. The summed E-state index contributed by atoms with van der Waals surface area (Å²) in [4.78, 5) is 0. The van der Waals surface area contributed by atoms with Crippen LogP contribution in [-0.2, 0) is 6.54 Å². The molecule has 0 amide bonds. The van der Waals surface area contributed by atoms with Crippen LogP contribution in [0.2, 0.25) is 0 Å². The highest BCUT2D eigenvalue weighted by Gasteiger charge is 2.21. The van der Waals surface area contributed by atoms with E-state index < -0.39 is 11.6 Å². The maximum atomic E-state index is 14.0. The Balaban J connectivity index is 1.77. The second-order valence-electron chi connectivity index (χ2n) is 6.54. The van der Waals surface area contributed by atoms with Crippen LogP contribution < -0.4 is 5.32 Å². The van der Waals surface area contributed by atoms with E-state index in [0.717, 1.165) is 48.7 Å². The van der Waals surface area contributed by atoms with Crippen molar-refractivity contribution < 1.29 is 13.9 Å². The first-order valence-electron chi connectivity index (χ1n) is 8.37. The first kappa shape index (κ1) is 17.0. The Kier molecular flexibility index (Phi) is 4.96. The minimum atomic E-state index is -0.624. The third-order valence-electron chi connectivity index (χ3n) is 4.84. The zero-order valence-electron chi connectivity index (χ0n) is 14.0. The SMILES string of the molecule is Cc1nn(-c2ccc(F)cc2F)c(C)c1CNC1CCC(O)CC1. The fourth-order valence-corrected chi connectivity index (χ4v) is 3.34. The highest BCUT2D eigenvalue weighted by molar-refractivity contribution is 5.38.